The Labute approximate surface area is 157 Å². The molecule has 7 heteroatoms. The third-order valence-electron chi connectivity index (χ3n) is 3.49. The molecule has 0 radical (unpaired) electrons. The largest absolute Gasteiger partial charge is 0.497 e. The molecule has 2 aromatic carbocycles. The first kappa shape index (κ1) is 19.5. The van der Waals surface area contributed by atoms with Gasteiger partial charge in [-0.2, -0.15) is 5.26 Å². The number of benzene rings is 2. The highest BCUT2D eigenvalue weighted by Gasteiger charge is 2.16. The molecule has 0 unspecified atom stereocenters. The van der Waals surface area contributed by atoms with Crippen LogP contribution in [-0.2, 0) is 9.53 Å². The zero-order chi connectivity index (χ0) is 19.6. The van der Waals surface area contributed by atoms with Gasteiger partial charge in [-0.1, -0.05) is 18.2 Å². The number of carbonyl (C=O) groups excluding carboxylic acids is 2. The van der Waals surface area contributed by atoms with Gasteiger partial charge < -0.3 is 20.1 Å². The lowest BCUT2D eigenvalue weighted by molar-refractivity contribution is -0.112. The van der Waals surface area contributed by atoms with Crippen LogP contribution in [0.25, 0.3) is 0 Å². The van der Waals surface area contributed by atoms with Crippen LogP contribution < -0.4 is 15.4 Å². The van der Waals surface area contributed by atoms with Gasteiger partial charge in [-0.15, -0.1) is 0 Å². The second-order valence-corrected chi connectivity index (χ2v) is 5.27. The second-order valence-electron chi connectivity index (χ2n) is 5.27. The molecule has 0 bridgehead atoms. The number of amides is 1. The van der Waals surface area contributed by atoms with Gasteiger partial charge in [0.1, 0.15) is 17.4 Å². The van der Waals surface area contributed by atoms with Gasteiger partial charge in [-0.05, 0) is 31.2 Å². The van der Waals surface area contributed by atoms with Crippen molar-refractivity contribution in [2.45, 2.75) is 6.92 Å². The van der Waals surface area contributed by atoms with E-state index in [2.05, 4.69) is 10.6 Å². The molecule has 0 saturated heterocycles. The Bertz CT molecular complexity index is 900. The number of methoxy groups -OCH3 is 1. The molecule has 0 aliphatic rings. The summed E-state index contributed by atoms with van der Waals surface area (Å²) < 4.78 is 10.1. The van der Waals surface area contributed by atoms with Crippen LogP contribution in [0.4, 0.5) is 11.4 Å². The van der Waals surface area contributed by atoms with E-state index in [1.165, 1.54) is 12.3 Å². The number of esters is 1. The lowest BCUT2D eigenvalue weighted by Gasteiger charge is -2.10. The van der Waals surface area contributed by atoms with Gasteiger partial charge in [0, 0.05) is 18.0 Å². The van der Waals surface area contributed by atoms with Crippen molar-refractivity contribution in [3.8, 4) is 11.8 Å². The quantitative estimate of drug-likeness (QED) is 0.443. The summed E-state index contributed by atoms with van der Waals surface area (Å²) in [5.41, 5.74) is 0.979. The van der Waals surface area contributed by atoms with E-state index in [0.29, 0.717) is 11.4 Å². The number of anilines is 2. The molecule has 0 heterocycles. The number of nitrogens with zero attached hydrogens (tertiary/aromatic N) is 1. The fourth-order valence-corrected chi connectivity index (χ4v) is 2.19. The molecule has 27 heavy (non-hydrogen) atoms. The number of hydrogen-bond acceptors (Lipinski definition) is 6. The highest BCUT2D eigenvalue weighted by molar-refractivity contribution is 6.09. The van der Waals surface area contributed by atoms with Gasteiger partial charge in [0.05, 0.1) is 25.0 Å². The van der Waals surface area contributed by atoms with Crippen molar-refractivity contribution in [2.24, 2.45) is 0 Å². The minimum Gasteiger partial charge on any atom is -0.497 e. The average molecular weight is 365 g/mol. The van der Waals surface area contributed by atoms with E-state index in [0.717, 1.165) is 0 Å². The van der Waals surface area contributed by atoms with Crippen LogP contribution >= 0.6 is 0 Å². The van der Waals surface area contributed by atoms with E-state index in [9.17, 15) is 14.9 Å². The van der Waals surface area contributed by atoms with Crippen LogP contribution in [0.5, 0.6) is 5.75 Å². The fourth-order valence-electron chi connectivity index (χ4n) is 2.19. The normalized spacial score (nSPS) is 10.5. The van der Waals surface area contributed by atoms with Crippen LogP contribution in [-0.4, -0.2) is 25.6 Å². The van der Waals surface area contributed by atoms with Crippen molar-refractivity contribution in [1.29, 1.82) is 5.26 Å². The minimum absolute atomic E-state index is 0.156. The van der Waals surface area contributed by atoms with Crippen LogP contribution in [0.15, 0.2) is 60.3 Å². The van der Waals surface area contributed by atoms with E-state index < -0.39 is 11.9 Å². The number of nitriles is 1. The molecular weight excluding hydrogens is 346 g/mol. The Morgan fingerprint density at radius 1 is 1.19 bits per heavy atom. The lowest BCUT2D eigenvalue weighted by atomic mass is 10.1. The zero-order valence-corrected chi connectivity index (χ0v) is 15.0. The molecule has 0 aliphatic carbocycles. The number of rotatable bonds is 7. The smallest absolute Gasteiger partial charge is 0.340 e. The van der Waals surface area contributed by atoms with Crippen LogP contribution in [0, 0.1) is 11.3 Å². The summed E-state index contributed by atoms with van der Waals surface area (Å²) in [4.78, 5) is 24.4. The van der Waals surface area contributed by atoms with Gasteiger partial charge in [-0.3, -0.25) is 4.79 Å². The number of para-hydroxylation sites is 1. The van der Waals surface area contributed by atoms with Crippen molar-refractivity contribution in [3.05, 3.63) is 65.9 Å². The van der Waals surface area contributed by atoms with E-state index in [1.54, 1.807) is 56.5 Å². The maximum absolute atomic E-state index is 12.4. The van der Waals surface area contributed by atoms with E-state index in [1.807, 2.05) is 6.07 Å². The highest BCUT2D eigenvalue weighted by atomic mass is 16.5. The monoisotopic (exact) mass is 365 g/mol. The summed E-state index contributed by atoms with van der Waals surface area (Å²) in [5.74, 6) is -0.560. The molecule has 0 atom stereocenters. The van der Waals surface area contributed by atoms with E-state index in [-0.39, 0.29) is 23.4 Å². The van der Waals surface area contributed by atoms with Crippen molar-refractivity contribution >= 4 is 23.3 Å². The summed E-state index contributed by atoms with van der Waals surface area (Å²) in [5, 5.41) is 14.7. The predicted molar refractivity (Wildman–Crippen MR) is 101 cm³/mol. The first-order valence-corrected chi connectivity index (χ1v) is 8.17. The van der Waals surface area contributed by atoms with Gasteiger partial charge in [0.25, 0.3) is 5.91 Å². The van der Waals surface area contributed by atoms with Crippen molar-refractivity contribution in [1.82, 2.24) is 0 Å². The Kier molecular flexibility index (Phi) is 6.97. The topological polar surface area (TPSA) is 100 Å². The molecule has 2 aromatic rings. The standard InChI is InChI=1S/C20H19N3O4/c1-3-27-20(25)17-9-4-5-10-18(17)23-19(24)14(12-21)13-22-15-7-6-8-16(11-15)26-2/h4-11,13,22H,3H2,1-2H3,(H,23,24)/b14-13-. The van der Waals surface area contributed by atoms with E-state index >= 15 is 0 Å². The fraction of sp³-hybridized carbons (Fsp3) is 0.150. The molecule has 2 rings (SSSR count). The summed E-state index contributed by atoms with van der Waals surface area (Å²) >= 11 is 0. The van der Waals surface area contributed by atoms with Gasteiger partial charge in [0.15, 0.2) is 0 Å². The van der Waals surface area contributed by atoms with Crippen LogP contribution in [0.1, 0.15) is 17.3 Å². The molecule has 0 fully saturated rings. The third kappa shape index (κ3) is 5.34. The van der Waals surface area contributed by atoms with Crippen LogP contribution in [0.2, 0.25) is 0 Å². The number of hydrogen-bond donors (Lipinski definition) is 2. The van der Waals surface area contributed by atoms with Crippen molar-refractivity contribution < 1.29 is 19.1 Å². The van der Waals surface area contributed by atoms with Crippen molar-refractivity contribution in [2.75, 3.05) is 24.4 Å². The zero-order valence-electron chi connectivity index (χ0n) is 15.0. The Morgan fingerprint density at radius 3 is 2.67 bits per heavy atom. The first-order chi connectivity index (χ1) is 13.1. The molecule has 0 saturated carbocycles. The molecule has 7 nitrogen and oxygen atoms in total. The molecular formula is C20H19N3O4. The summed E-state index contributed by atoms with van der Waals surface area (Å²) in [6.45, 7) is 1.91. The van der Waals surface area contributed by atoms with Crippen molar-refractivity contribution in [3.63, 3.8) is 0 Å². The van der Waals surface area contributed by atoms with Gasteiger partial charge in [0.2, 0.25) is 0 Å². The van der Waals surface area contributed by atoms with E-state index in [4.69, 9.17) is 9.47 Å². The summed E-state index contributed by atoms with van der Waals surface area (Å²) in [6, 6.07) is 15.3. The predicted octanol–water partition coefficient (Wildman–Crippen LogP) is 3.33. The highest BCUT2D eigenvalue weighted by Crippen LogP contribution is 2.19. The first-order valence-electron chi connectivity index (χ1n) is 8.17. The maximum atomic E-state index is 12.4. The lowest BCUT2D eigenvalue weighted by Crippen LogP contribution is -2.17. The molecule has 0 spiro atoms. The molecule has 138 valence electrons. The maximum Gasteiger partial charge on any atom is 0.340 e. The number of nitrogens with one attached hydrogen (secondary N) is 2. The summed E-state index contributed by atoms with van der Waals surface area (Å²) in [7, 11) is 1.55. The SMILES string of the molecule is CCOC(=O)c1ccccc1NC(=O)/C(C#N)=C\Nc1cccc(OC)c1. The molecule has 1 amide bonds. The third-order valence-corrected chi connectivity index (χ3v) is 3.49. The van der Waals surface area contributed by atoms with Gasteiger partial charge in [-0.25, -0.2) is 4.79 Å². The minimum atomic E-state index is -0.648. The molecule has 2 N–H and O–H groups in total. The Morgan fingerprint density at radius 2 is 1.96 bits per heavy atom. The van der Waals surface area contributed by atoms with Gasteiger partial charge >= 0.3 is 5.97 Å². The Balaban J connectivity index is 2.16. The van der Waals surface area contributed by atoms with Crippen LogP contribution in [0.3, 0.4) is 0 Å². The molecule has 0 aliphatic heterocycles. The average Bonchev–Trinajstić information content (AvgIpc) is 2.69. The summed E-state index contributed by atoms with van der Waals surface area (Å²) in [6.07, 6.45) is 1.29. The number of carbonyl (C=O) groups is 2. The number of ether oxygens (including phenoxy) is 2. The second kappa shape index (κ2) is 9.63. The Hall–Kier alpha value is -3.79. The molecule has 0 aromatic heterocycles.